The van der Waals surface area contributed by atoms with Crippen molar-refractivity contribution in [2.24, 2.45) is 0 Å². The summed E-state index contributed by atoms with van der Waals surface area (Å²) < 4.78 is 13.8. The van der Waals surface area contributed by atoms with Gasteiger partial charge in [0.2, 0.25) is 0 Å². The normalized spacial score (nSPS) is 10.9. The number of hydrogen-bond acceptors (Lipinski definition) is 5. The molecule has 2 heterocycles. The topological polar surface area (TPSA) is 48.7 Å². The summed E-state index contributed by atoms with van der Waals surface area (Å²) in [6.07, 6.45) is 3.69. The lowest BCUT2D eigenvalue weighted by atomic mass is 10.1. The summed E-state index contributed by atoms with van der Waals surface area (Å²) in [6, 6.07) is 15.8. The Hall–Kier alpha value is -2.51. The van der Waals surface area contributed by atoms with E-state index < -0.39 is 0 Å². The second kappa shape index (κ2) is 7.62. The van der Waals surface area contributed by atoms with Crippen LogP contribution in [0.25, 0.3) is 16.9 Å². The molecule has 0 N–H and O–H groups in total. The number of halogens is 1. The Morgan fingerprint density at radius 1 is 1.00 bits per heavy atom. The van der Waals surface area contributed by atoms with E-state index in [1.165, 1.54) is 0 Å². The summed E-state index contributed by atoms with van der Waals surface area (Å²) in [4.78, 5) is 10.4. The van der Waals surface area contributed by atoms with E-state index in [1.54, 1.807) is 32.2 Å². The van der Waals surface area contributed by atoms with Crippen LogP contribution in [-0.4, -0.2) is 28.6 Å². The fourth-order valence-electron chi connectivity index (χ4n) is 2.74. The maximum Gasteiger partial charge on any atom is 0.179 e. The molecule has 7 heteroatoms. The lowest BCUT2D eigenvalue weighted by Gasteiger charge is -2.11. The number of hydrogen-bond donors (Lipinski definition) is 0. The number of ether oxygens (including phenoxy) is 2. The monoisotopic (exact) mass is 441 g/mol. The number of rotatable bonds is 5. The summed E-state index contributed by atoms with van der Waals surface area (Å²) >= 11 is 5.19. The van der Waals surface area contributed by atoms with Crippen LogP contribution in [-0.2, 0) is 0 Å². The fraction of sp³-hybridized carbons (Fsp3) is 0.100. The van der Waals surface area contributed by atoms with E-state index in [-0.39, 0.29) is 0 Å². The minimum absolute atomic E-state index is 0.667. The Bertz CT molecular complexity index is 1110. The van der Waals surface area contributed by atoms with Gasteiger partial charge in [-0.15, -0.1) is 0 Å². The highest BCUT2D eigenvalue weighted by Gasteiger charge is 2.13. The van der Waals surface area contributed by atoms with Gasteiger partial charge in [-0.05, 0) is 46.3 Å². The van der Waals surface area contributed by atoms with Gasteiger partial charge < -0.3 is 9.47 Å². The molecule has 0 unspecified atom stereocenters. The number of imidazole rings is 1. The highest BCUT2D eigenvalue weighted by Crippen LogP contribution is 2.36. The third-order valence-corrected chi connectivity index (χ3v) is 6.07. The Labute approximate surface area is 169 Å². The van der Waals surface area contributed by atoms with Crippen molar-refractivity contribution >= 4 is 33.3 Å². The predicted octanol–water partition coefficient (Wildman–Crippen LogP) is 5.33. The minimum atomic E-state index is 0.667. The Morgan fingerprint density at radius 2 is 1.81 bits per heavy atom. The van der Waals surface area contributed by atoms with Gasteiger partial charge in [0.1, 0.15) is 5.65 Å². The van der Waals surface area contributed by atoms with E-state index in [2.05, 4.69) is 27.0 Å². The van der Waals surface area contributed by atoms with Gasteiger partial charge in [-0.3, -0.25) is 4.40 Å². The first-order valence-corrected chi connectivity index (χ1v) is 9.79. The first-order valence-electron chi connectivity index (χ1n) is 8.18. The molecule has 136 valence electrons. The summed E-state index contributed by atoms with van der Waals surface area (Å²) in [5.41, 5.74) is 2.60. The van der Waals surface area contributed by atoms with Crippen LogP contribution in [0.1, 0.15) is 0 Å². The highest BCUT2D eigenvalue weighted by molar-refractivity contribution is 9.10. The van der Waals surface area contributed by atoms with Crippen LogP contribution in [0, 0.1) is 0 Å². The van der Waals surface area contributed by atoms with E-state index in [4.69, 9.17) is 14.5 Å². The van der Waals surface area contributed by atoms with Crippen molar-refractivity contribution in [3.63, 3.8) is 0 Å². The van der Waals surface area contributed by atoms with Gasteiger partial charge in [0.05, 0.1) is 19.9 Å². The quantitative estimate of drug-likeness (QED) is 0.391. The molecule has 0 aliphatic carbocycles. The molecule has 2 aromatic carbocycles. The summed E-state index contributed by atoms with van der Waals surface area (Å²) in [6.45, 7) is 0. The minimum Gasteiger partial charge on any atom is -0.493 e. The predicted molar refractivity (Wildman–Crippen MR) is 110 cm³/mol. The van der Waals surface area contributed by atoms with Crippen molar-refractivity contribution in [2.45, 2.75) is 10.1 Å². The van der Waals surface area contributed by atoms with Gasteiger partial charge >= 0.3 is 0 Å². The zero-order chi connectivity index (χ0) is 18.8. The van der Waals surface area contributed by atoms with Crippen LogP contribution in [0.5, 0.6) is 11.5 Å². The highest BCUT2D eigenvalue weighted by atomic mass is 79.9. The van der Waals surface area contributed by atoms with Gasteiger partial charge in [-0.25, -0.2) is 9.97 Å². The summed E-state index contributed by atoms with van der Waals surface area (Å²) in [5, 5.41) is 0.835. The second-order valence-electron chi connectivity index (χ2n) is 5.68. The number of fused-ring (bicyclic) bond motifs is 1. The van der Waals surface area contributed by atoms with E-state index >= 15 is 0 Å². The van der Waals surface area contributed by atoms with Gasteiger partial charge in [-0.1, -0.05) is 23.9 Å². The molecule has 0 aliphatic rings. The Balaban J connectivity index is 1.82. The molecule has 4 aromatic rings. The largest absolute Gasteiger partial charge is 0.493 e. The first kappa shape index (κ1) is 17.9. The lowest BCUT2D eigenvalue weighted by molar-refractivity contribution is 0.355. The molecule has 0 fully saturated rings. The Morgan fingerprint density at radius 3 is 2.59 bits per heavy atom. The second-order valence-corrected chi connectivity index (χ2v) is 7.55. The van der Waals surface area contributed by atoms with Crippen molar-refractivity contribution in [3.05, 3.63) is 65.4 Å². The van der Waals surface area contributed by atoms with Crippen LogP contribution in [0.15, 0.2) is 75.4 Å². The zero-order valence-corrected chi connectivity index (χ0v) is 17.1. The molecule has 0 bridgehead atoms. The summed E-state index contributed by atoms with van der Waals surface area (Å²) in [5.74, 6) is 1.35. The average molecular weight is 442 g/mol. The average Bonchev–Trinajstić information content (AvgIpc) is 3.18. The molecule has 4 rings (SSSR count). The van der Waals surface area contributed by atoms with E-state index in [1.807, 2.05) is 53.1 Å². The molecule has 0 saturated heterocycles. The van der Waals surface area contributed by atoms with Crippen LogP contribution < -0.4 is 9.47 Å². The van der Waals surface area contributed by atoms with Gasteiger partial charge in [0.25, 0.3) is 0 Å². The number of aromatic nitrogens is 3. The molecule has 0 saturated carbocycles. The molecule has 5 nitrogen and oxygen atoms in total. The molecule has 0 aliphatic heterocycles. The van der Waals surface area contributed by atoms with E-state index in [0.29, 0.717) is 11.5 Å². The molecule has 0 spiro atoms. The summed E-state index contributed by atoms with van der Waals surface area (Å²) in [7, 11) is 3.25. The lowest BCUT2D eigenvalue weighted by Crippen LogP contribution is -1.97. The van der Waals surface area contributed by atoms with Crippen LogP contribution in [0.4, 0.5) is 0 Å². The van der Waals surface area contributed by atoms with Crippen LogP contribution >= 0.6 is 27.7 Å². The van der Waals surface area contributed by atoms with Crippen molar-refractivity contribution < 1.29 is 9.47 Å². The first-order chi connectivity index (χ1) is 13.2. The number of methoxy groups -OCH3 is 2. The fourth-order valence-corrected chi connectivity index (χ4v) is 4.17. The van der Waals surface area contributed by atoms with Crippen molar-refractivity contribution in [1.29, 1.82) is 0 Å². The number of nitrogens with zero attached hydrogens (tertiary/aromatic N) is 3. The number of benzene rings is 2. The van der Waals surface area contributed by atoms with Crippen LogP contribution in [0.2, 0.25) is 0 Å². The van der Waals surface area contributed by atoms with Gasteiger partial charge in [0, 0.05) is 33.4 Å². The molecule has 0 atom stereocenters. The standard InChI is InChI=1S/C20H16BrN3O2S/c1-25-16-8-7-13(11-17(16)26-2)15-12-19-22-9-10-24(19)20(23-15)27-18-6-4-3-5-14(18)21/h3-12H,1-2H3. The smallest absolute Gasteiger partial charge is 0.179 e. The van der Waals surface area contributed by atoms with E-state index in [9.17, 15) is 0 Å². The van der Waals surface area contributed by atoms with Crippen molar-refractivity contribution in [2.75, 3.05) is 14.2 Å². The SMILES string of the molecule is COc1ccc(-c2cc3nccn3c(Sc3ccccc3Br)n2)cc1OC. The van der Waals surface area contributed by atoms with E-state index in [0.717, 1.165) is 31.4 Å². The third kappa shape index (κ3) is 3.52. The Kier molecular flexibility index (Phi) is 5.05. The third-order valence-electron chi connectivity index (χ3n) is 4.07. The molecule has 0 radical (unpaired) electrons. The molecular formula is C20H16BrN3O2S. The maximum atomic E-state index is 5.43. The molecule has 27 heavy (non-hydrogen) atoms. The van der Waals surface area contributed by atoms with Gasteiger partial charge in [-0.2, -0.15) is 0 Å². The van der Waals surface area contributed by atoms with Crippen molar-refractivity contribution in [3.8, 4) is 22.8 Å². The molecule has 2 aromatic heterocycles. The maximum absolute atomic E-state index is 5.43. The van der Waals surface area contributed by atoms with Gasteiger partial charge in [0.15, 0.2) is 16.7 Å². The zero-order valence-electron chi connectivity index (χ0n) is 14.7. The van der Waals surface area contributed by atoms with Crippen molar-refractivity contribution in [1.82, 2.24) is 14.4 Å². The molecular weight excluding hydrogens is 426 g/mol. The van der Waals surface area contributed by atoms with Crippen LogP contribution in [0.3, 0.4) is 0 Å². The molecule has 0 amide bonds.